The molecule has 0 saturated heterocycles. The van der Waals surface area contributed by atoms with Crippen molar-refractivity contribution in [3.05, 3.63) is 60.5 Å². The van der Waals surface area contributed by atoms with Gasteiger partial charge >= 0.3 is 0 Å². The van der Waals surface area contributed by atoms with Gasteiger partial charge in [0.2, 0.25) is 5.95 Å². The summed E-state index contributed by atoms with van der Waals surface area (Å²) in [6.45, 7) is 0. The fourth-order valence-electron chi connectivity index (χ4n) is 2.52. The summed E-state index contributed by atoms with van der Waals surface area (Å²) in [6.07, 6.45) is 1.04. The maximum atomic E-state index is 14.6. The molecule has 0 spiro atoms. The number of benzene rings is 2. The third-order valence-electron chi connectivity index (χ3n) is 3.61. The lowest BCUT2D eigenvalue weighted by atomic mass is 10.2. The van der Waals surface area contributed by atoms with Gasteiger partial charge in [-0.3, -0.25) is 4.90 Å². The van der Waals surface area contributed by atoms with Crippen LogP contribution in [0.5, 0.6) is 11.5 Å². The quantitative estimate of drug-likeness (QED) is 0.764. The second-order valence-electron chi connectivity index (χ2n) is 5.08. The van der Waals surface area contributed by atoms with Crippen molar-refractivity contribution in [1.29, 1.82) is 0 Å². The first-order chi connectivity index (χ1) is 12.2. The Morgan fingerprint density at radius 2 is 1.44 bits per heavy atom. The average Bonchev–Trinajstić information content (AvgIpc) is 2.65. The summed E-state index contributed by atoms with van der Waals surface area (Å²) in [7, 11) is 3.09. The molecule has 0 unspecified atom stereocenters. The van der Waals surface area contributed by atoms with Gasteiger partial charge in [-0.25, -0.2) is 9.37 Å². The second-order valence-corrected chi connectivity index (χ2v) is 5.08. The maximum Gasteiger partial charge on any atom is 0.222 e. The second kappa shape index (κ2) is 7.04. The van der Waals surface area contributed by atoms with Crippen molar-refractivity contribution in [2.75, 3.05) is 24.9 Å². The number of rotatable bonds is 5. The lowest BCUT2D eigenvalue weighted by Crippen LogP contribution is -2.16. The predicted octanol–water partition coefficient (Wildman–Crippen LogP) is 3.68. The lowest BCUT2D eigenvalue weighted by molar-refractivity contribution is 0.412. The molecule has 0 aliphatic carbocycles. The molecule has 0 radical (unpaired) electrons. The van der Waals surface area contributed by atoms with E-state index in [2.05, 4.69) is 9.97 Å². The lowest BCUT2D eigenvalue weighted by Gasteiger charge is -2.27. The van der Waals surface area contributed by atoms with Crippen molar-refractivity contribution in [2.45, 2.75) is 0 Å². The first-order valence-electron chi connectivity index (χ1n) is 7.50. The van der Waals surface area contributed by atoms with E-state index in [4.69, 9.17) is 15.2 Å². The van der Waals surface area contributed by atoms with Crippen LogP contribution in [0.4, 0.5) is 27.5 Å². The number of nitrogens with two attached hydrogens (primary N) is 1. The van der Waals surface area contributed by atoms with Crippen molar-refractivity contribution in [3.63, 3.8) is 0 Å². The number of halogens is 1. The summed E-state index contributed by atoms with van der Waals surface area (Å²) in [5, 5.41) is 0. The van der Waals surface area contributed by atoms with Gasteiger partial charge < -0.3 is 15.2 Å². The van der Waals surface area contributed by atoms with Crippen molar-refractivity contribution in [2.24, 2.45) is 0 Å². The predicted molar refractivity (Wildman–Crippen MR) is 94.2 cm³/mol. The Kier molecular flexibility index (Phi) is 4.65. The third kappa shape index (κ3) is 3.16. The van der Waals surface area contributed by atoms with Gasteiger partial charge in [-0.05, 0) is 24.3 Å². The molecule has 6 nitrogen and oxygen atoms in total. The van der Waals surface area contributed by atoms with Crippen molar-refractivity contribution < 1.29 is 13.9 Å². The number of nitrogens with zero attached hydrogens (tertiary/aromatic N) is 3. The van der Waals surface area contributed by atoms with E-state index in [1.807, 2.05) is 24.3 Å². The minimum Gasteiger partial charge on any atom is -0.495 e. The van der Waals surface area contributed by atoms with E-state index in [1.165, 1.54) is 0 Å². The number of anilines is 4. The normalized spacial score (nSPS) is 10.4. The standard InChI is InChI=1S/C18H17FN4O2/c1-24-15-9-5-3-7-13(15)23(14-8-4-6-10-16(14)25-2)17-12(19)11-21-18(20)22-17/h3-11H,1-2H3,(H2,20,21,22). The number of ether oxygens (including phenoxy) is 2. The molecule has 0 aliphatic rings. The van der Waals surface area contributed by atoms with Crippen LogP contribution in [0.3, 0.4) is 0 Å². The molecule has 0 amide bonds. The highest BCUT2D eigenvalue weighted by atomic mass is 19.1. The number of hydrogen-bond acceptors (Lipinski definition) is 6. The highest BCUT2D eigenvalue weighted by Gasteiger charge is 2.24. The summed E-state index contributed by atoms with van der Waals surface area (Å²) >= 11 is 0. The fraction of sp³-hybridized carbons (Fsp3) is 0.111. The van der Waals surface area contributed by atoms with E-state index < -0.39 is 5.82 Å². The highest BCUT2D eigenvalue weighted by molar-refractivity contribution is 5.81. The molecule has 128 valence electrons. The number of nitrogen functional groups attached to an aromatic ring is 1. The number of para-hydroxylation sites is 4. The highest BCUT2D eigenvalue weighted by Crippen LogP contribution is 2.43. The van der Waals surface area contributed by atoms with Gasteiger partial charge in [-0.2, -0.15) is 4.98 Å². The number of aromatic nitrogens is 2. The van der Waals surface area contributed by atoms with Crippen LogP contribution in [0.15, 0.2) is 54.7 Å². The Labute approximate surface area is 144 Å². The van der Waals surface area contributed by atoms with Gasteiger partial charge in [-0.15, -0.1) is 0 Å². The molecule has 0 fully saturated rings. The van der Waals surface area contributed by atoms with E-state index in [9.17, 15) is 4.39 Å². The van der Waals surface area contributed by atoms with Crippen LogP contribution in [0, 0.1) is 5.82 Å². The number of methoxy groups -OCH3 is 2. The summed E-state index contributed by atoms with van der Waals surface area (Å²) in [5.41, 5.74) is 6.86. The smallest absolute Gasteiger partial charge is 0.222 e. The van der Waals surface area contributed by atoms with Gasteiger partial charge in [0.1, 0.15) is 11.5 Å². The zero-order valence-corrected chi connectivity index (χ0v) is 13.8. The van der Waals surface area contributed by atoms with Gasteiger partial charge in [0, 0.05) is 0 Å². The summed E-state index contributed by atoms with van der Waals surface area (Å²) < 4.78 is 25.4. The van der Waals surface area contributed by atoms with E-state index in [0.29, 0.717) is 22.9 Å². The Morgan fingerprint density at radius 1 is 0.920 bits per heavy atom. The van der Waals surface area contributed by atoms with Crippen LogP contribution in [0.25, 0.3) is 0 Å². The molecule has 0 bridgehead atoms. The van der Waals surface area contributed by atoms with Crippen LogP contribution in [-0.2, 0) is 0 Å². The topological polar surface area (TPSA) is 73.5 Å². The molecule has 2 N–H and O–H groups in total. The average molecular weight is 340 g/mol. The minimum absolute atomic E-state index is 0.00139. The van der Waals surface area contributed by atoms with E-state index >= 15 is 0 Å². The molecule has 0 aliphatic heterocycles. The molecule has 1 aromatic heterocycles. The van der Waals surface area contributed by atoms with Crippen LogP contribution in [-0.4, -0.2) is 24.2 Å². The monoisotopic (exact) mass is 340 g/mol. The van der Waals surface area contributed by atoms with Crippen LogP contribution < -0.4 is 20.1 Å². The number of hydrogen-bond donors (Lipinski definition) is 1. The van der Waals surface area contributed by atoms with E-state index in [0.717, 1.165) is 6.20 Å². The Morgan fingerprint density at radius 3 is 1.96 bits per heavy atom. The van der Waals surface area contributed by atoms with Gasteiger partial charge in [0.15, 0.2) is 11.6 Å². The first kappa shape index (κ1) is 16.5. The molecule has 0 atom stereocenters. The molecule has 3 rings (SSSR count). The Bertz CT molecular complexity index is 841. The van der Waals surface area contributed by atoms with Crippen molar-refractivity contribution >= 4 is 23.1 Å². The van der Waals surface area contributed by atoms with Crippen LogP contribution >= 0.6 is 0 Å². The largest absolute Gasteiger partial charge is 0.495 e. The Hall–Kier alpha value is -3.35. The third-order valence-corrected chi connectivity index (χ3v) is 3.61. The molecule has 2 aromatic carbocycles. The van der Waals surface area contributed by atoms with Gasteiger partial charge in [-0.1, -0.05) is 24.3 Å². The van der Waals surface area contributed by atoms with E-state index in [1.54, 1.807) is 43.4 Å². The van der Waals surface area contributed by atoms with Gasteiger partial charge in [0.25, 0.3) is 0 Å². The molecular formula is C18H17FN4O2. The molecule has 7 heteroatoms. The molecule has 25 heavy (non-hydrogen) atoms. The van der Waals surface area contributed by atoms with Crippen molar-refractivity contribution in [1.82, 2.24) is 9.97 Å². The fourth-order valence-corrected chi connectivity index (χ4v) is 2.52. The Balaban J connectivity index is 2.30. The molecule has 0 saturated carbocycles. The maximum absolute atomic E-state index is 14.6. The minimum atomic E-state index is -0.619. The molecule has 3 aromatic rings. The van der Waals surface area contributed by atoms with Crippen molar-refractivity contribution in [3.8, 4) is 11.5 Å². The van der Waals surface area contributed by atoms with Gasteiger partial charge in [0.05, 0.1) is 31.8 Å². The molecule has 1 heterocycles. The SMILES string of the molecule is COc1ccccc1N(c1ccccc1OC)c1nc(N)ncc1F. The summed E-state index contributed by atoms with van der Waals surface area (Å²) in [5.74, 6) is 0.439. The summed E-state index contributed by atoms with van der Waals surface area (Å²) in [4.78, 5) is 9.37. The van der Waals surface area contributed by atoms with Crippen LogP contribution in [0.1, 0.15) is 0 Å². The van der Waals surface area contributed by atoms with Crippen LogP contribution in [0.2, 0.25) is 0 Å². The first-order valence-corrected chi connectivity index (χ1v) is 7.50. The zero-order valence-electron chi connectivity index (χ0n) is 13.8. The van der Waals surface area contributed by atoms with E-state index in [-0.39, 0.29) is 11.8 Å². The molecular weight excluding hydrogens is 323 g/mol. The zero-order chi connectivity index (χ0) is 17.8. The summed E-state index contributed by atoms with van der Waals surface area (Å²) in [6, 6.07) is 14.4.